The van der Waals surface area contributed by atoms with Crippen molar-refractivity contribution >= 4 is 17.3 Å². The molecule has 0 aromatic carbocycles. The van der Waals surface area contributed by atoms with E-state index in [1.54, 1.807) is 0 Å². The third-order valence-electron chi connectivity index (χ3n) is 4.07. The van der Waals surface area contributed by atoms with Crippen LogP contribution in [0.2, 0.25) is 0 Å². The van der Waals surface area contributed by atoms with Crippen LogP contribution in [0, 0.1) is 16.0 Å². The maximum Gasteiger partial charge on any atom is 0.276 e. The molecule has 1 aliphatic rings. The molecule has 1 aliphatic carbocycles. The van der Waals surface area contributed by atoms with E-state index in [0.29, 0.717) is 30.1 Å². The first-order valence-corrected chi connectivity index (χ1v) is 7.77. The SMILES string of the molecule is CCNc1cc([N+](=O)[O-])cc(NC2CCCCCC2C)n1. The average Bonchev–Trinajstić information content (AvgIpc) is 2.64. The Balaban J connectivity index is 2.19. The van der Waals surface area contributed by atoms with Crippen molar-refractivity contribution in [3.63, 3.8) is 0 Å². The molecule has 0 radical (unpaired) electrons. The molecule has 116 valence electrons. The highest BCUT2D eigenvalue weighted by Crippen LogP contribution is 2.27. The number of hydrogen-bond donors (Lipinski definition) is 2. The van der Waals surface area contributed by atoms with Crippen molar-refractivity contribution in [2.45, 2.75) is 52.0 Å². The highest BCUT2D eigenvalue weighted by Gasteiger charge is 2.21. The van der Waals surface area contributed by atoms with Crippen LogP contribution in [0.25, 0.3) is 0 Å². The lowest BCUT2D eigenvalue weighted by Crippen LogP contribution is -2.26. The van der Waals surface area contributed by atoms with Gasteiger partial charge in [0, 0.05) is 12.6 Å². The minimum Gasteiger partial charge on any atom is -0.370 e. The van der Waals surface area contributed by atoms with E-state index < -0.39 is 0 Å². The van der Waals surface area contributed by atoms with Crippen LogP contribution >= 0.6 is 0 Å². The number of hydrogen-bond acceptors (Lipinski definition) is 5. The van der Waals surface area contributed by atoms with Crippen molar-refractivity contribution in [3.05, 3.63) is 22.2 Å². The Morgan fingerprint density at radius 1 is 1.29 bits per heavy atom. The summed E-state index contributed by atoms with van der Waals surface area (Å²) in [5, 5.41) is 17.5. The van der Waals surface area contributed by atoms with E-state index in [-0.39, 0.29) is 10.6 Å². The molecule has 1 fully saturated rings. The first kappa shape index (κ1) is 15.5. The lowest BCUT2D eigenvalue weighted by molar-refractivity contribution is -0.384. The van der Waals surface area contributed by atoms with Crippen molar-refractivity contribution in [2.24, 2.45) is 5.92 Å². The lowest BCUT2D eigenvalue weighted by atomic mass is 9.97. The zero-order valence-electron chi connectivity index (χ0n) is 12.8. The topological polar surface area (TPSA) is 80.1 Å². The van der Waals surface area contributed by atoms with Gasteiger partial charge >= 0.3 is 0 Å². The van der Waals surface area contributed by atoms with E-state index in [1.165, 1.54) is 37.8 Å². The quantitative estimate of drug-likeness (QED) is 0.490. The van der Waals surface area contributed by atoms with Crippen molar-refractivity contribution in [2.75, 3.05) is 17.2 Å². The van der Waals surface area contributed by atoms with Gasteiger partial charge in [0.25, 0.3) is 5.69 Å². The number of pyridine rings is 1. The normalized spacial score (nSPS) is 22.4. The molecule has 2 atom stereocenters. The lowest BCUT2D eigenvalue weighted by Gasteiger charge is -2.23. The van der Waals surface area contributed by atoms with E-state index in [0.717, 1.165) is 6.42 Å². The van der Waals surface area contributed by atoms with E-state index in [1.807, 2.05) is 6.92 Å². The monoisotopic (exact) mass is 292 g/mol. The molecule has 0 amide bonds. The molecule has 21 heavy (non-hydrogen) atoms. The minimum atomic E-state index is -0.371. The number of nitrogens with zero attached hydrogens (tertiary/aromatic N) is 2. The minimum absolute atomic E-state index is 0.0738. The van der Waals surface area contributed by atoms with Crippen LogP contribution < -0.4 is 10.6 Å². The van der Waals surface area contributed by atoms with Gasteiger partial charge in [0.15, 0.2) is 0 Å². The average molecular weight is 292 g/mol. The summed E-state index contributed by atoms with van der Waals surface area (Å²) < 4.78 is 0. The van der Waals surface area contributed by atoms with Crippen LogP contribution in [0.5, 0.6) is 0 Å². The van der Waals surface area contributed by atoms with Gasteiger partial charge in [0.05, 0.1) is 17.1 Å². The van der Waals surface area contributed by atoms with Gasteiger partial charge in [-0.3, -0.25) is 10.1 Å². The largest absolute Gasteiger partial charge is 0.370 e. The maximum atomic E-state index is 11.0. The summed E-state index contributed by atoms with van der Waals surface area (Å²) in [6.07, 6.45) is 6.05. The molecule has 2 rings (SSSR count). The molecule has 0 saturated heterocycles. The molecule has 1 saturated carbocycles. The van der Waals surface area contributed by atoms with Crippen LogP contribution in [0.4, 0.5) is 17.3 Å². The summed E-state index contributed by atoms with van der Waals surface area (Å²) in [7, 11) is 0. The van der Waals surface area contributed by atoms with E-state index >= 15 is 0 Å². The first-order chi connectivity index (χ1) is 10.1. The molecule has 6 nitrogen and oxygen atoms in total. The number of nitro groups is 1. The highest BCUT2D eigenvalue weighted by atomic mass is 16.6. The summed E-state index contributed by atoms with van der Waals surface area (Å²) in [6, 6.07) is 3.35. The molecule has 6 heteroatoms. The van der Waals surface area contributed by atoms with Gasteiger partial charge in [-0.1, -0.05) is 26.2 Å². The van der Waals surface area contributed by atoms with Crippen molar-refractivity contribution in [1.82, 2.24) is 4.98 Å². The van der Waals surface area contributed by atoms with Gasteiger partial charge in [0.1, 0.15) is 11.6 Å². The van der Waals surface area contributed by atoms with E-state index in [9.17, 15) is 10.1 Å². The summed E-state index contributed by atoms with van der Waals surface area (Å²) in [4.78, 5) is 15.1. The standard InChI is InChI=1S/C15H24N4O2/c1-3-16-14-9-12(19(20)21)10-15(18-14)17-13-8-6-4-5-7-11(13)2/h9-11,13H,3-8H2,1-2H3,(H2,16,17,18). The summed E-state index contributed by atoms with van der Waals surface area (Å²) in [5.41, 5.74) is 0.0738. The van der Waals surface area contributed by atoms with Gasteiger partial charge in [-0.25, -0.2) is 4.98 Å². The van der Waals surface area contributed by atoms with Gasteiger partial charge < -0.3 is 10.6 Å². The summed E-state index contributed by atoms with van der Waals surface area (Å²) >= 11 is 0. The van der Waals surface area contributed by atoms with Gasteiger partial charge in [-0.2, -0.15) is 0 Å². The van der Waals surface area contributed by atoms with Crippen LogP contribution in [-0.2, 0) is 0 Å². The Labute approximate surface area is 125 Å². The Morgan fingerprint density at radius 3 is 2.71 bits per heavy atom. The molecule has 1 aromatic heterocycles. The van der Waals surface area contributed by atoms with Crippen molar-refractivity contribution < 1.29 is 4.92 Å². The second-order valence-electron chi connectivity index (χ2n) is 5.75. The Hall–Kier alpha value is -1.85. The smallest absolute Gasteiger partial charge is 0.276 e. The fourth-order valence-electron chi connectivity index (χ4n) is 2.86. The number of nitrogens with one attached hydrogen (secondary N) is 2. The molecule has 2 N–H and O–H groups in total. The predicted octanol–water partition coefficient (Wildman–Crippen LogP) is 3.80. The van der Waals surface area contributed by atoms with Gasteiger partial charge in [-0.15, -0.1) is 0 Å². The fraction of sp³-hybridized carbons (Fsp3) is 0.667. The van der Waals surface area contributed by atoms with Crippen LogP contribution in [0.1, 0.15) is 46.0 Å². The Bertz CT molecular complexity index is 493. The molecule has 0 aliphatic heterocycles. The maximum absolute atomic E-state index is 11.0. The molecule has 0 spiro atoms. The number of rotatable bonds is 5. The zero-order valence-corrected chi connectivity index (χ0v) is 12.8. The van der Waals surface area contributed by atoms with Crippen molar-refractivity contribution in [1.29, 1.82) is 0 Å². The summed E-state index contributed by atoms with van der Waals surface area (Å²) in [6.45, 7) is 4.87. The molecule has 0 bridgehead atoms. The van der Waals surface area contributed by atoms with Crippen LogP contribution in [0.15, 0.2) is 12.1 Å². The van der Waals surface area contributed by atoms with E-state index in [4.69, 9.17) is 0 Å². The predicted molar refractivity (Wildman–Crippen MR) is 84.7 cm³/mol. The fourth-order valence-corrected chi connectivity index (χ4v) is 2.86. The number of aromatic nitrogens is 1. The number of anilines is 2. The van der Waals surface area contributed by atoms with Gasteiger partial charge in [-0.05, 0) is 25.7 Å². The Kier molecular flexibility index (Phi) is 5.36. The second-order valence-corrected chi connectivity index (χ2v) is 5.75. The molecular weight excluding hydrogens is 268 g/mol. The third kappa shape index (κ3) is 4.31. The molecular formula is C15H24N4O2. The summed E-state index contributed by atoms with van der Waals surface area (Å²) in [5.74, 6) is 1.71. The Morgan fingerprint density at radius 2 is 2.00 bits per heavy atom. The molecule has 1 heterocycles. The second kappa shape index (κ2) is 7.24. The third-order valence-corrected chi connectivity index (χ3v) is 4.07. The van der Waals surface area contributed by atoms with Crippen molar-refractivity contribution in [3.8, 4) is 0 Å². The molecule has 2 unspecified atom stereocenters. The first-order valence-electron chi connectivity index (χ1n) is 7.77. The zero-order chi connectivity index (χ0) is 15.2. The molecule has 1 aromatic rings. The van der Waals surface area contributed by atoms with Gasteiger partial charge in [0.2, 0.25) is 0 Å². The van der Waals surface area contributed by atoms with E-state index in [2.05, 4.69) is 22.5 Å². The van der Waals surface area contributed by atoms with Crippen LogP contribution in [0.3, 0.4) is 0 Å². The van der Waals surface area contributed by atoms with Crippen LogP contribution in [-0.4, -0.2) is 22.5 Å². The highest BCUT2D eigenvalue weighted by molar-refractivity contribution is 5.55.